The first kappa shape index (κ1) is 10.2. The molecule has 78 valence electrons. The normalized spacial score (nSPS) is 41.2. The van der Waals surface area contributed by atoms with E-state index >= 15 is 0 Å². The fourth-order valence-corrected chi connectivity index (χ4v) is 3.29. The maximum absolute atomic E-state index is 10.9. The van der Waals surface area contributed by atoms with Gasteiger partial charge in [-0.2, -0.15) is 8.42 Å². The van der Waals surface area contributed by atoms with E-state index in [2.05, 4.69) is 0 Å². The van der Waals surface area contributed by atoms with Crippen molar-refractivity contribution >= 4 is 21.7 Å². The van der Waals surface area contributed by atoms with Gasteiger partial charge in [0.15, 0.2) is 0 Å². The number of fused-ring (bicyclic) bond motifs is 1. The van der Waals surface area contributed by atoms with Crippen molar-refractivity contribution in [2.75, 3.05) is 0 Å². The molecule has 5 heteroatoms. The lowest BCUT2D eigenvalue weighted by molar-refractivity contribution is 0.182. The van der Waals surface area contributed by atoms with Crippen molar-refractivity contribution in [1.82, 2.24) is 0 Å². The molecule has 1 fully saturated rings. The van der Waals surface area contributed by atoms with Crippen LogP contribution >= 0.6 is 11.6 Å². The Balaban J connectivity index is 2.41. The van der Waals surface area contributed by atoms with E-state index in [9.17, 15) is 8.42 Å². The van der Waals surface area contributed by atoms with Gasteiger partial charge in [-0.15, -0.1) is 11.6 Å². The fourth-order valence-electron chi connectivity index (χ4n) is 2.10. The van der Waals surface area contributed by atoms with Gasteiger partial charge in [-0.25, -0.2) is 0 Å². The highest BCUT2D eigenvalue weighted by Crippen LogP contribution is 2.48. The SMILES string of the molecule is CC1C2C=CC(S(=O)(=O)O)=CC1C2Cl. The van der Waals surface area contributed by atoms with Crippen LogP contribution in [0.5, 0.6) is 0 Å². The zero-order valence-corrected chi connectivity index (χ0v) is 9.16. The van der Waals surface area contributed by atoms with Crippen molar-refractivity contribution in [2.45, 2.75) is 12.3 Å². The van der Waals surface area contributed by atoms with Crippen molar-refractivity contribution in [2.24, 2.45) is 17.8 Å². The summed E-state index contributed by atoms with van der Waals surface area (Å²) in [4.78, 5) is -0.0278. The number of hydrogen-bond donors (Lipinski definition) is 1. The second kappa shape index (κ2) is 3.08. The van der Waals surface area contributed by atoms with E-state index in [0.29, 0.717) is 5.92 Å². The Kier molecular flexibility index (Phi) is 2.25. The molecular weight excluding hydrogens is 224 g/mol. The van der Waals surface area contributed by atoms with Gasteiger partial charge in [0, 0.05) is 5.38 Å². The van der Waals surface area contributed by atoms with Gasteiger partial charge in [0.1, 0.15) is 0 Å². The third-order valence-corrected chi connectivity index (χ3v) is 4.54. The van der Waals surface area contributed by atoms with Crippen LogP contribution in [0.25, 0.3) is 0 Å². The Morgan fingerprint density at radius 2 is 2.07 bits per heavy atom. The largest absolute Gasteiger partial charge is 0.294 e. The molecule has 0 aromatic rings. The van der Waals surface area contributed by atoms with E-state index in [1.54, 1.807) is 12.2 Å². The van der Waals surface area contributed by atoms with Crippen LogP contribution in [-0.4, -0.2) is 18.3 Å². The molecule has 0 aromatic heterocycles. The molecule has 0 heterocycles. The number of allylic oxidation sites excluding steroid dienone is 3. The Hall–Kier alpha value is -0.320. The van der Waals surface area contributed by atoms with Crippen LogP contribution in [0.3, 0.4) is 0 Å². The zero-order valence-electron chi connectivity index (χ0n) is 7.59. The lowest BCUT2D eigenvalue weighted by Crippen LogP contribution is -2.43. The van der Waals surface area contributed by atoms with E-state index in [1.807, 2.05) is 6.92 Å². The summed E-state index contributed by atoms with van der Waals surface area (Å²) in [5.41, 5.74) is 0. The van der Waals surface area contributed by atoms with Gasteiger partial charge < -0.3 is 0 Å². The van der Waals surface area contributed by atoms with Gasteiger partial charge >= 0.3 is 0 Å². The third kappa shape index (κ3) is 1.42. The highest BCUT2D eigenvalue weighted by atomic mass is 35.5. The number of hydrogen-bond acceptors (Lipinski definition) is 2. The van der Waals surface area contributed by atoms with Crippen molar-refractivity contribution in [3.8, 4) is 0 Å². The Morgan fingerprint density at radius 1 is 1.43 bits per heavy atom. The van der Waals surface area contributed by atoms with Crippen molar-refractivity contribution in [1.29, 1.82) is 0 Å². The van der Waals surface area contributed by atoms with Crippen molar-refractivity contribution in [3.05, 3.63) is 23.1 Å². The number of alkyl halides is 1. The first-order valence-corrected chi connectivity index (χ1v) is 6.30. The highest BCUT2D eigenvalue weighted by molar-refractivity contribution is 7.90. The summed E-state index contributed by atoms with van der Waals surface area (Å²) in [6, 6.07) is 0. The monoisotopic (exact) mass is 234 g/mol. The molecule has 3 nitrogen and oxygen atoms in total. The average molecular weight is 235 g/mol. The van der Waals surface area contributed by atoms with Gasteiger partial charge in [-0.3, -0.25) is 4.55 Å². The molecule has 4 unspecified atom stereocenters. The van der Waals surface area contributed by atoms with Gasteiger partial charge in [0.05, 0.1) is 4.91 Å². The van der Waals surface area contributed by atoms with E-state index in [4.69, 9.17) is 16.2 Å². The van der Waals surface area contributed by atoms with Gasteiger partial charge in [-0.05, 0) is 23.8 Å². The standard InChI is InChI=1S/C9H11ClO3S/c1-5-7-3-2-6(14(11,12)13)4-8(5)9(7)10/h2-5,7-9H,1H3,(H,11,12,13). The summed E-state index contributed by atoms with van der Waals surface area (Å²) in [6.45, 7) is 2.03. The maximum Gasteiger partial charge on any atom is 0.294 e. The molecule has 4 atom stereocenters. The van der Waals surface area contributed by atoms with E-state index in [1.165, 1.54) is 6.08 Å². The fraction of sp³-hybridized carbons (Fsp3) is 0.556. The molecule has 3 aliphatic carbocycles. The first-order valence-electron chi connectivity index (χ1n) is 4.43. The molecule has 0 aromatic carbocycles. The van der Waals surface area contributed by atoms with Crippen LogP contribution in [0.1, 0.15) is 6.92 Å². The summed E-state index contributed by atoms with van der Waals surface area (Å²) in [7, 11) is -4.09. The minimum Gasteiger partial charge on any atom is -0.282 e. The predicted molar refractivity (Wildman–Crippen MR) is 54.6 cm³/mol. The minimum atomic E-state index is -4.09. The second-order valence-electron chi connectivity index (χ2n) is 3.86. The molecule has 0 amide bonds. The van der Waals surface area contributed by atoms with Gasteiger partial charge in [0.2, 0.25) is 0 Å². The van der Waals surface area contributed by atoms with E-state index in [0.717, 1.165) is 0 Å². The molecule has 0 radical (unpaired) electrons. The quantitative estimate of drug-likeness (QED) is 0.556. The predicted octanol–water partition coefficient (Wildman–Crippen LogP) is 1.82. The van der Waals surface area contributed by atoms with E-state index in [-0.39, 0.29) is 22.1 Å². The first-order chi connectivity index (χ1) is 6.41. The minimum absolute atomic E-state index is 0.0278. The molecule has 2 bridgehead atoms. The Morgan fingerprint density at radius 3 is 2.57 bits per heavy atom. The van der Waals surface area contributed by atoms with Crippen LogP contribution < -0.4 is 0 Å². The Labute approximate surface area is 88.2 Å². The van der Waals surface area contributed by atoms with E-state index < -0.39 is 10.1 Å². The number of halogens is 1. The Bertz CT molecular complexity index is 400. The highest BCUT2D eigenvalue weighted by Gasteiger charge is 2.45. The lowest BCUT2D eigenvalue weighted by Gasteiger charge is -2.44. The number of rotatable bonds is 1. The van der Waals surface area contributed by atoms with Gasteiger partial charge in [0.25, 0.3) is 10.1 Å². The summed E-state index contributed by atoms with van der Waals surface area (Å²) < 4.78 is 30.7. The average Bonchev–Trinajstić information content (AvgIpc) is 2.34. The van der Waals surface area contributed by atoms with Crippen LogP contribution in [0.4, 0.5) is 0 Å². The lowest BCUT2D eigenvalue weighted by atomic mass is 9.66. The van der Waals surface area contributed by atoms with Crippen LogP contribution in [0, 0.1) is 17.8 Å². The molecule has 14 heavy (non-hydrogen) atoms. The van der Waals surface area contributed by atoms with Crippen molar-refractivity contribution < 1.29 is 13.0 Å². The molecule has 3 rings (SSSR count). The molecule has 1 saturated carbocycles. The molecule has 0 aliphatic heterocycles. The van der Waals surface area contributed by atoms with Crippen LogP contribution in [-0.2, 0) is 10.1 Å². The van der Waals surface area contributed by atoms with Crippen LogP contribution in [0.2, 0.25) is 0 Å². The van der Waals surface area contributed by atoms with Gasteiger partial charge in [-0.1, -0.05) is 19.1 Å². The molecule has 0 spiro atoms. The third-order valence-electron chi connectivity index (χ3n) is 3.09. The second-order valence-corrected chi connectivity index (χ2v) is 5.79. The smallest absolute Gasteiger partial charge is 0.282 e. The topological polar surface area (TPSA) is 54.4 Å². The summed E-state index contributed by atoms with van der Waals surface area (Å²) in [6.07, 6.45) is 4.77. The molecule has 1 N–H and O–H groups in total. The summed E-state index contributed by atoms with van der Waals surface area (Å²) in [5, 5.41) is -0.0412. The maximum atomic E-state index is 10.9. The van der Waals surface area contributed by atoms with Crippen molar-refractivity contribution in [3.63, 3.8) is 0 Å². The zero-order chi connectivity index (χ0) is 10.5. The molecule has 0 saturated heterocycles. The summed E-state index contributed by atoms with van der Waals surface area (Å²) >= 11 is 6.06. The molecular formula is C9H11ClO3S. The summed E-state index contributed by atoms with van der Waals surface area (Å²) in [5.74, 6) is 0.624. The van der Waals surface area contributed by atoms with Crippen LogP contribution in [0.15, 0.2) is 23.1 Å². The molecule has 3 aliphatic rings.